The Bertz CT molecular complexity index is 1060. The van der Waals surface area contributed by atoms with Crippen molar-refractivity contribution in [2.45, 2.75) is 37.2 Å². The maximum Gasteiger partial charge on any atom is 0.263 e. The van der Waals surface area contributed by atoms with Crippen molar-refractivity contribution in [1.82, 2.24) is 16.0 Å². The zero-order chi connectivity index (χ0) is 25.0. The maximum atomic E-state index is 14.0. The van der Waals surface area contributed by atoms with Crippen LogP contribution in [0.3, 0.4) is 0 Å². The second-order valence-corrected chi connectivity index (χ2v) is 9.04. The number of carbonyl (C=O) groups excluding carboxylic acids is 2. The third-order valence-electron chi connectivity index (χ3n) is 6.78. The molecule has 0 aliphatic carbocycles. The Morgan fingerprint density at radius 3 is 2.63 bits per heavy atom. The molecule has 0 aromatic heterocycles. The van der Waals surface area contributed by atoms with Gasteiger partial charge in [0, 0.05) is 30.6 Å². The summed E-state index contributed by atoms with van der Waals surface area (Å²) in [5.41, 5.74) is 1.77. The van der Waals surface area contributed by atoms with Crippen molar-refractivity contribution in [3.63, 3.8) is 0 Å². The summed E-state index contributed by atoms with van der Waals surface area (Å²) >= 11 is 0. The third kappa shape index (κ3) is 5.29. The smallest absolute Gasteiger partial charge is 0.263 e. The van der Waals surface area contributed by atoms with Gasteiger partial charge in [0.2, 0.25) is 0 Å². The van der Waals surface area contributed by atoms with E-state index in [9.17, 15) is 22.8 Å². The summed E-state index contributed by atoms with van der Waals surface area (Å²) in [6.07, 6.45) is 0.308. The highest BCUT2D eigenvalue weighted by Crippen LogP contribution is 2.45. The molecule has 1 saturated heterocycles. The Balaban J connectivity index is 1.53. The lowest BCUT2D eigenvalue weighted by atomic mass is 9.86. The minimum Gasteiger partial charge on any atom is -0.486 e. The first-order valence-electron chi connectivity index (χ1n) is 11.9. The van der Waals surface area contributed by atoms with Crippen molar-refractivity contribution in [1.29, 1.82) is 0 Å². The van der Waals surface area contributed by atoms with Crippen molar-refractivity contribution in [3.8, 4) is 5.75 Å². The second-order valence-electron chi connectivity index (χ2n) is 9.04. The summed E-state index contributed by atoms with van der Waals surface area (Å²) in [5.74, 6) is -4.53. The predicted molar refractivity (Wildman–Crippen MR) is 126 cm³/mol. The van der Waals surface area contributed by atoms with Crippen molar-refractivity contribution in [2.75, 3.05) is 33.4 Å². The van der Waals surface area contributed by atoms with E-state index in [0.717, 1.165) is 5.56 Å². The molecule has 4 rings (SSSR count). The van der Waals surface area contributed by atoms with Gasteiger partial charge < -0.3 is 20.7 Å². The van der Waals surface area contributed by atoms with Crippen molar-refractivity contribution in [3.05, 3.63) is 64.7 Å². The molecule has 6 nitrogen and oxygen atoms in total. The van der Waals surface area contributed by atoms with E-state index >= 15 is 0 Å². The van der Waals surface area contributed by atoms with E-state index in [-0.39, 0.29) is 30.0 Å². The van der Waals surface area contributed by atoms with E-state index in [1.807, 2.05) is 30.3 Å². The maximum absolute atomic E-state index is 14.0. The van der Waals surface area contributed by atoms with Crippen LogP contribution in [-0.4, -0.2) is 57.2 Å². The van der Waals surface area contributed by atoms with Gasteiger partial charge in [-0.25, -0.2) is 13.2 Å². The molecule has 0 saturated carbocycles. The highest BCUT2D eigenvalue weighted by Gasteiger charge is 2.41. The summed E-state index contributed by atoms with van der Waals surface area (Å²) in [5, 5.41) is 8.03. The standard InChI is InChI=1S/C26H30F3N3O3/c1-30-25(34)20-13-17(24(33)32-10-5-8-18-9-11-31-15-26(18,28)29)12-19-22(16-6-3-2-4-7-16)21(14-27)35-23(19)20/h2-4,6-7,12-13,18,21-22,31H,5,8-11,14-15H2,1H3,(H,30,34)(H,32,33)/t18?,21-,22+/m1/s1. The topological polar surface area (TPSA) is 79.5 Å². The lowest BCUT2D eigenvalue weighted by Gasteiger charge is -2.31. The molecule has 3 N–H and O–H groups in total. The van der Waals surface area contributed by atoms with Crippen LogP contribution in [0.25, 0.3) is 0 Å². The number of benzene rings is 2. The zero-order valence-corrected chi connectivity index (χ0v) is 19.6. The number of ether oxygens (including phenoxy) is 1. The van der Waals surface area contributed by atoms with Crippen LogP contribution < -0.4 is 20.7 Å². The lowest BCUT2D eigenvalue weighted by molar-refractivity contribution is -0.0762. The molecule has 0 spiro atoms. The van der Waals surface area contributed by atoms with E-state index in [0.29, 0.717) is 31.4 Å². The molecule has 3 atom stereocenters. The van der Waals surface area contributed by atoms with E-state index in [1.165, 1.54) is 13.1 Å². The summed E-state index contributed by atoms with van der Waals surface area (Å²) in [6.45, 7) is -0.276. The fraction of sp³-hybridized carbons (Fsp3) is 0.462. The lowest BCUT2D eigenvalue weighted by Crippen LogP contribution is -2.46. The molecule has 2 amide bonds. The molecule has 0 radical (unpaired) electrons. The fourth-order valence-electron chi connectivity index (χ4n) is 4.94. The molecule has 2 aromatic rings. The Kier molecular flexibility index (Phi) is 7.64. The molecular formula is C26H30F3N3O3. The van der Waals surface area contributed by atoms with Gasteiger partial charge in [-0.3, -0.25) is 9.59 Å². The first-order chi connectivity index (χ1) is 16.9. The summed E-state index contributed by atoms with van der Waals surface area (Å²) in [6, 6.07) is 12.3. The average molecular weight is 490 g/mol. The van der Waals surface area contributed by atoms with Crippen LogP contribution in [0.2, 0.25) is 0 Å². The average Bonchev–Trinajstić information content (AvgIpc) is 3.25. The molecule has 2 aliphatic heterocycles. The second kappa shape index (κ2) is 10.7. The zero-order valence-electron chi connectivity index (χ0n) is 19.6. The van der Waals surface area contributed by atoms with Gasteiger partial charge in [0.05, 0.1) is 18.0 Å². The van der Waals surface area contributed by atoms with Crippen LogP contribution in [0, 0.1) is 5.92 Å². The Hall–Kier alpha value is -3.07. The van der Waals surface area contributed by atoms with Gasteiger partial charge >= 0.3 is 0 Å². The summed E-state index contributed by atoms with van der Waals surface area (Å²) in [7, 11) is 1.47. The Morgan fingerprint density at radius 1 is 1.17 bits per heavy atom. The SMILES string of the molecule is CNC(=O)c1cc(C(=O)NCCCC2CCNCC2(F)F)cc2c1O[C@H](CF)[C@H]2c1ccccc1. The van der Waals surface area contributed by atoms with Gasteiger partial charge in [-0.2, -0.15) is 0 Å². The van der Waals surface area contributed by atoms with Crippen molar-refractivity contribution in [2.24, 2.45) is 5.92 Å². The molecule has 1 fully saturated rings. The molecule has 1 unspecified atom stereocenters. The van der Waals surface area contributed by atoms with E-state index in [2.05, 4.69) is 16.0 Å². The first-order valence-corrected chi connectivity index (χ1v) is 11.9. The van der Waals surface area contributed by atoms with Gasteiger partial charge in [-0.05, 0) is 43.5 Å². The molecule has 2 aromatic carbocycles. The Morgan fingerprint density at radius 2 is 1.94 bits per heavy atom. The van der Waals surface area contributed by atoms with Crippen molar-refractivity contribution >= 4 is 11.8 Å². The number of amides is 2. The quantitative estimate of drug-likeness (QED) is 0.495. The van der Waals surface area contributed by atoms with Crippen molar-refractivity contribution < 1.29 is 27.5 Å². The van der Waals surface area contributed by atoms with E-state index in [1.54, 1.807) is 6.07 Å². The predicted octanol–water partition coefficient (Wildman–Crippen LogP) is 3.66. The monoisotopic (exact) mass is 489 g/mol. The summed E-state index contributed by atoms with van der Waals surface area (Å²) < 4.78 is 47.8. The normalized spacial score (nSPS) is 22.7. The highest BCUT2D eigenvalue weighted by molar-refractivity contribution is 6.02. The third-order valence-corrected chi connectivity index (χ3v) is 6.78. The van der Waals surface area contributed by atoms with Crippen LogP contribution in [0.1, 0.15) is 57.0 Å². The molecule has 2 aliphatic rings. The molecule has 188 valence electrons. The van der Waals surface area contributed by atoms with Crippen LogP contribution >= 0.6 is 0 Å². The number of hydrogen-bond acceptors (Lipinski definition) is 4. The van der Waals surface area contributed by atoms with Crippen LogP contribution in [0.4, 0.5) is 13.2 Å². The van der Waals surface area contributed by atoms with Crippen LogP contribution in [0.5, 0.6) is 5.75 Å². The molecule has 35 heavy (non-hydrogen) atoms. The fourth-order valence-corrected chi connectivity index (χ4v) is 4.94. The number of hydrogen-bond donors (Lipinski definition) is 3. The molecule has 9 heteroatoms. The first kappa shape index (κ1) is 25.0. The molecule has 0 bridgehead atoms. The number of carbonyl (C=O) groups is 2. The Labute approximate surface area is 202 Å². The number of nitrogens with one attached hydrogen (secondary N) is 3. The van der Waals surface area contributed by atoms with Crippen LogP contribution in [0.15, 0.2) is 42.5 Å². The van der Waals surface area contributed by atoms with E-state index in [4.69, 9.17) is 4.74 Å². The molecule has 2 heterocycles. The number of fused-ring (bicyclic) bond motifs is 1. The number of rotatable bonds is 8. The highest BCUT2D eigenvalue weighted by atomic mass is 19.3. The summed E-state index contributed by atoms with van der Waals surface area (Å²) in [4.78, 5) is 25.6. The van der Waals surface area contributed by atoms with Gasteiger partial charge in [-0.15, -0.1) is 0 Å². The van der Waals surface area contributed by atoms with Gasteiger partial charge in [-0.1, -0.05) is 30.3 Å². The minimum absolute atomic E-state index is 0.154. The van der Waals surface area contributed by atoms with Gasteiger partial charge in [0.1, 0.15) is 18.5 Å². The van der Waals surface area contributed by atoms with Gasteiger partial charge in [0.25, 0.3) is 17.7 Å². The number of halogens is 3. The largest absolute Gasteiger partial charge is 0.486 e. The number of alkyl halides is 3. The minimum atomic E-state index is -2.75. The number of piperidine rings is 1. The molecular weight excluding hydrogens is 459 g/mol. The van der Waals surface area contributed by atoms with Gasteiger partial charge in [0.15, 0.2) is 0 Å². The van der Waals surface area contributed by atoms with E-state index < -0.39 is 42.4 Å². The van der Waals surface area contributed by atoms with Crippen LogP contribution in [-0.2, 0) is 0 Å².